The van der Waals surface area contributed by atoms with Crippen LogP contribution in [0.3, 0.4) is 0 Å². The summed E-state index contributed by atoms with van der Waals surface area (Å²) in [4.78, 5) is 2.34. The lowest BCUT2D eigenvalue weighted by molar-refractivity contribution is 0.264. The fraction of sp³-hybridized carbons (Fsp3) is 0.538. The fourth-order valence-corrected chi connectivity index (χ4v) is 2.17. The highest BCUT2D eigenvalue weighted by Gasteiger charge is 2.16. The lowest BCUT2D eigenvalue weighted by Gasteiger charge is -2.30. The van der Waals surface area contributed by atoms with Crippen LogP contribution < -0.4 is 10.1 Å². The van der Waals surface area contributed by atoms with E-state index in [4.69, 9.17) is 4.74 Å². The van der Waals surface area contributed by atoms with E-state index < -0.39 is 0 Å². The standard InChI is InChI=1S/C13H20N2O2/c1-15-7-5-10(6-8-15)14-11-3-4-13(17-2)12(16)9-11/h3-4,9-10,14,16H,5-8H2,1-2H3. The van der Waals surface area contributed by atoms with Crippen LogP contribution in [-0.2, 0) is 0 Å². The molecule has 1 aromatic rings. The summed E-state index contributed by atoms with van der Waals surface area (Å²) < 4.78 is 5.02. The Bertz CT molecular complexity index is 374. The lowest BCUT2D eigenvalue weighted by Crippen LogP contribution is -2.36. The molecule has 0 amide bonds. The zero-order chi connectivity index (χ0) is 12.3. The fourth-order valence-electron chi connectivity index (χ4n) is 2.17. The number of methoxy groups -OCH3 is 1. The summed E-state index contributed by atoms with van der Waals surface area (Å²) in [7, 11) is 3.70. The molecule has 0 aliphatic carbocycles. The molecule has 1 fully saturated rings. The SMILES string of the molecule is COc1ccc(NC2CCN(C)CC2)cc1O. The van der Waals surface area contributed by atoms with Crippen molar-refractivity contribution in [3.8, 4) is 11.5 Å². The molecule has 0 saturated carbocycles. The highest BCUT2D eigenvalue weighted by atomic mass is 16.5. The molecule has 0 aromatic heterocycles. The number of rotatable bonds is 3. The molecule has 2 N–H and O–H groups in total. The predicted octanol–water partition coefficient (Wildman–Crippen LogP) is 1.91. The van der Waals surface area contributed by atoms with Gasteiger partial charge in [0.25, 0.3) is 0 Å². The van der Waals surface area contributed by atoms with Gasteiger partial charge in [-0.05, 0) is 45.1 Å². The molecule has 1 saturated heterocycles. The average molecular weight is 236 g/mol. The Balaban J connectivity index is 1.97. The molecule has 4 heteroatoms. The Labute approximate surface area is 102 Å². The highest BCUT2D eigenvalue weighted by molar-refractivity contribution is 5.54. The van der Waals surface area contributed by atoms with Crippen LogP contribution in [0.4, 0.5) is 5.69 Å². The maximum atomic E-state index is 9.69. The summed E-state index contributed by atoms with van der Waals surface area (Å²) in [6.45, 7) is 2.25. The van der Waals surface area contributed by atoms with Crippen LogP contribution in [0.25, 0.3) is 0 Å². The van der Waals surface area contributed by atoms with E-state index in [1.54, 1.807) is 19.2 Å². The van der Waals surface area contributed by atoms with Gasteiger partial charge in [0.2, 0.25) is 0 Å². The number of phenols is 1. The molecule has 0 bridgehead atoms. The van der Waals surface area contributed by atoms with Gasteiger partial charge in [-0.2, -0.15) is 0 Å². The molecule has 1 aliphatic heterocycles. The van der Waals surface area contributed by atoms with Gasteiger partial charge >= 0.3 is 0 Å². The Kier molecular flexibility index (Phi) is 3.74. The van der Waals surface area contributed by atoms with Crippen molar-refractivity contribution in [1.29, 1.82) is 0 Å². The van der Waals surface area contributed by atoms with Gasteiger partial charge < -0.3 is 20.1 Å². The molecule has 1 aromatic carbocycles. The first kappa shape index (κ1) is 12.0. The third-order valence-electron chi connectivity index (χ3n) is 3.27. The number of nitrogens with one attached hydrogen (secondary N) is 1. The summed E-state index contributed by atoms with van der Waals surface area (Å²) in [5.74, 6) is 0.698. The van der Waals surface area contributed by atoms with E-state index in [9.17, 15) is 5.11 Å². The largest absolute Gasteiger partial charge is 0.504 e. The summed E-state index contributed by atoms with van der Waals surface area (Å²) in [5, 5.41) is 13.1. The maximum absolute atomic E-state index is 9.69. The Morgan fingerprint density at radius 2 is 2.06 bits per heavy atom. The van der Waals surface area contributed by atoms with Gasteiger partial charge in [-0.3, -0.25) is 0 Å². The van der Waals surface area contributed by atoms with Gasteiger partial charge in [0.15, 0.2) is 11.5 Å². The molecular weight excluding hydrogens is 216 g/mol. The van der Waals surface area contributed by atoms with Crippen molar-refractivity contribution in [2.45, 2.75) is 18.9 Å². The third kappa shape index (κ3) is 3.03. The molecule has 0 atom stereocenters. The monoisotopic (exact) mass is 236 g/mol. The number of nitrogens with zero attached hydrogens (tertiary/aromatic N) is 1. The van der Waals surface area contributed by atoms with Crippen LogP contribution in [0.15, 0.2) is 18.2 Å². The van der Waals surface area contributed by atoms with E-state index in [0.717, 1.165) is 31.6 Å². The van der Waals surface area contributed by atoms with E-state index in [-0.39, 0.29) is 5.75 Å². The van der Waals surface area contributed by atoms with Gasteiger partial charge in [0, 0.05) is 17.8 Å². The molecule has 17 heavy (non-hydrogen) atoms. The zero-order valence-corrected chi connectivity index (χ0v) is 10.4. The predicted molar refractivity (Wildman–Crippen MR) is 68.8 cm³/mol. The summed E-state index contributed by atoms with van der Waals surface area (Å²) in [6, 6.07) is 5.94. The van der Waals surface area contributed by atoms with Crippen LogP contribution in [0, 0.1) is 0 Å². The molecule has 0 unspecified atom stereocenters. The lowest BCUT2D eigenvalue weighted by atomic mass is 10.1. The molecule has 0 spiro atoms. The Hall–Kier alpha value is -1.42. The minimum atomic E-state index is 0.186. The first-order valence-electron chi connectivity index (χ1n) is 6.01. The number of piperidine rings is 1. The summed E-state index contributed by atoms with van der Waals surface area (Å²) in [6.07, 6.45) is 2.28. The van der Waals surface area contributed by atoms with Crippen LogP contribution >= 0.6 is 0 Å². The van der Waals surface area contributed by atoms with Crippen LogP contribution in [0.1, 0.15) is 12.8 Å². The third-order valence-corrected chi connectivity index (χ3v) is 3.27. The average Bonchev–Trinajstić information content (AvgIpc) is 2.32. The summed E-state index contributed by atoms with van der Waals surface area (Å²) in [5.41, 5.74) is 0.956. The minimum absolute atomic E-state index is 0.186. The van der Waals surface area contributed by atoms with Crippen molar-refractivity contribution in [1.82, 2.24) is 4.90 Å². The highest BCUT2D eigenvalue weighted by Crippen LogP contribution is 2.29. The molecule has 2 rings (SSSR count). The number of ether oxygens (including phenoxy) is 1. The maximum Gasteiger partial charge on any atom is 0.160 e. The second-order valence-electron chi connectivity index (χ2n) is 4.61. The van der Waals surface area contributed by atoms with E-state index in [2.05, 4.69) is 17.3 Å². The molecular formula is C13H20N2O2. The molecule has 1 aliphatic rings. The Morgan fingerprint density at radius 1 is 1.35 bits per heavy atom. The molecule has 4 nitrogen and oxygen atoms in total. The Morgan fingerprint density at radius 3 is 2.65 bits per heavy atom. The van der Waals surface area contributed by atoms with Gasteiger partial charge in [-0.1, -0.05) is 0 Å². The number of anilines is 1. The number of aromatic hydroxyl groups is 1. The minimum Gasteiger partial charge on any atom is -0.504 e. The van der Waals surface area contributed by atoms with Gasteiger partial charge in [0.05, 0.1) is 7.11 Å². The first-order valence-corrected chi connectivity index (χ1v) is 6.01. The van der Waals surface area contributed by atoms with Crippen LogP contribution in [-0.4, -0.2) is 43.3 Å². The number of hydrogen-bond acceptors (Lipinski definition) is 4. The zero-order valence-electron chi connectivity index (χ0n) is 10.4. The van der Waals surface area contributed by atoms with Gasteiger partial charge in [-0.15, -0.1) is 0 Å². The van der Waals surface area contributed by atoms with E-state index in [0.29, 0.717) is 11.8 Å². The normalized spacial score (nSPS) is 18.0. The second-order valence-corrected chi connectivity index (χ2v) is 4.61. The van der Waals surface area contributed by atoms with Crippen LogP contribution in [0.5, 0.6) is 11.5 Å². The molecule has 1 heterocycles. The smallest absolute Gasteiger partial charge is 0.160 e. The van der Waals surface area contributed by atoms with Crippen molar-refractivity contribution < 1.29 is 9.84 Å². The quantitative estimate of drug-likeness (QED) is 0.841. The second kappa shape index (κ2) is 5.27. The van der Waals surface area contributed by atoms with Crippen molar-refractivity contribution in [2.24, 2.45) is 0 Å². The number of phenolic OH excluding ortho intramolecular Hbond substituents is 1. The number of likely N-dealkylation sites (tertiary alicyclic amines) is 1. The van der Waals surface area contributed by atoms with E-state index >= 15 is 0 Å². The summed E-state index contributed by atoms with van der Waals surface area (Å²) >= 11 is 0. The van der Waals surface area contributed by atoms with Crippen molar-refractivity contribution in [3.05, 3.63) is 18.2 Å². The first-order chi connectivity index (χ1) is 8.19. The van der Waals surface area contributed by atoms with Crippen molar-refractivity contribution in [3.63, 3.8) is 0 Å². The van der Waals surface area contributed by atoms with Crippen LogP contribution in [0.2, 0.25) is 0 Å². The molecule has 0 radical (unpaired) electrons. The van der Waals surface area contributed by atoms with E-state index in [1.165, 1.54) is 0 Å². The van der Waals surface area contributed by atoms with Crippen molar-refractivity contribution in [2.75, 3.05) is 32.6 Å². The topological polar surface area (TPSA) is 44.7 Å². The van der Waals surface area contributed by atoms with E-state index in [1.807, 2.05) is 6.07 Å². The van der Waals surface area contributed by atoms with Crippen molar-refractivity contribution >= 4 is 5.69 Å². The number of benzene rings is 1. The van der Waals surface area contributed by atoms with Gasteiger partial charge in [0.1, 0.15) is 0 Å². The molecule has 94 valence electrons. The number of hydrogen-bond donors (Lipinski definition) is 2. The van der Waals surface area contributed by atoms with Gasteiger partial charge in [-0.25, -0.2) is 0 Å².